The van der Waals surface area contributed by atoms with Crippen molar-refractivity contribution >= 4 is 28.6 Å². The Balaban J connectivity index is 2.25. The van der Waals surface area contributed by atoms with E-state index < -0.39 is 11.0 Å². The number of ether oxygens (including phenoxy) is 1. The van der Waals surface area contributed by atoms with Gasteiger partial charge in [-0.15, -0.1) is 16.7 Å². The molecule has 0 spiro atoms. The molecule has 31 heavy (non-hydrogen) atoms. The van der Waals surface area contributed by atoms with Crippen molar-refractivity contribution < 1.29 is 9.53 Å². The molecule has 166 valence electrons. The number of aromatic nitrogens is 3. The van der Waals surface area contributed by atoms with E-state index in [4.69, 9.17) is 16.3 Å². The van der Waals surface area contributed by atoms with Gasteiger partial charge in [-0.2, -0.15) is 5.10 Å². The van der Waals surface area contributed by atoms with Gasteiger partial charge in [0, 0.05) is 29.9 Å². The van der Waals surface area contributed by atoms with E-state index in [1.807, 2.05) is 66.1 Å². The Morgan fingerprint density at radius 2 is 1.77 bits per heavy atom. The maximum Gasteiger partial charge on any atom is 0.313 e. The van der Waals surface area contributed by atoms with Gasteiger partial charge in [-0.1, -0.05) is 18.2 Å². The van der Waals surface area contributed by atoms with Gasteiger partial charge < -0.3 is 9.30 Å². The summed E-state index contributed by atoms with van der Waals surface area (Å²) >= 11 is 6.22. The van der Waals surface area contributed by atoms with Crippen LogP contribution < -0.4 is 0 Å². The highest BCUT2D eigenvalue weighted by atomic mass is 35.5. The molecule has 2 heterocycles. The number of hydrogen-bond acceptors (Lipinski definition) is 4. The highest BCUT2D eigenvalue weighted by Crippen LogP contribution is 2.44. The van der Waals surface area contributed by atoms with Crippen LogP contribution >= 0.6 is 11.6 Å². The van der Waals surface area contributed by atoms with Crippen molar-refractivity contribution in [2.75, 3.05) is 0 Å². The summed E-state index contributed by atoms with van der Waals surface area (Å²) in [5.41, 5.74) is 4.42. The lowest BCUT2D eigenvalue weighted by Gasteiger charge is -2.36. The fourth-order valence-electron chi connectivity index (χ4n) is 4.02. The number of fused-ring (bicyclic) bond motifs is 1. The third kappa shape index (κ3) is 4.62. The third-order valence-electron chi connectivity index (χ3n) is 5.73. The van der Waals surface area contributed by atoms with E-state index >= 15 is 0 Å². The third-order valence-corrected chi connectivity index (χ3v) is 6.01. The van der Waals surface area contributed by atoms with E-state index in [-0.39, 0.29) is 11.9 Å². The number of carbonyl (C=O) groups excluding carboxylic acids is 1. The standard InChI is InChI=1S/C25H32ClN3O2/c1-15-9-10-17(12-19(15)14-26)21(25(6,7)23(30)31-24(3,4)5)20-13-18-11-16(2)27-28-22(18)29(20)8/h9-13,21H,14H2,1-8H3. The fraction of sp³-hybridized carbons (Fsp3) is 0.480. The Kier molecular flexibility index (Phi) is 6.21. The van der Waals surface area contributed by atoms with Crippen molar-refractivity contribution in [1.82, 2.24) is 14.8 Å². The molecule has 0 aliphatic carbocycles. The molecule has 0 radical (unpaired) electrons. The molecule has 3 rings (SSSR count). The number of carbonyl (C=O) groups is 1. The van der Waals surface area contributed by atoms with Gasteiger partial charge in [-0.3, -0.25) is 4.79 Å². The van der Waals surface area contributed by atoms with Gasteiger partial charge in [-0.05, 0) is 77.3 Å². The van der Waals surface area contributed by atoms with Crippen LogP contribution in [0.5, 0.6) is 0 Å². The number of alkyl halides is 1. The number of hydrogen-bond donors (Lipinski definition) is 0. The first-order chi connectivity index (χ1) is 14.3. The topological polar surface area (TPSA) is 57.0 Å². The zero-order valence-electron chi connectivity index (χ0n) is 19.7. The van der Waals surface area contributed by atoms with Crippen LogP contribution in [0.2, 0.25) is 0 Å². The number of benzene rings is 1. The number of rotatable bonds is 5. The number of halogens is 1. The second-order valence-corrected chi connectivity index (χ2v) is 10.1. The summed E-state index contributed by atoms with van der Waals surface area (Å²) in [5, 5.41) is 9.60. The zero-order chi connectivity index (χ0) is 23.1. The Labute approximate surface area is 189 Å². The monoisotopic (exact) mass is 441 g/mol. The predicted molar refractivity (Wildman–Crippen MR) is 125 cm³/mol. The van der Waals surface area contributed by atoms with Crippen molar-refractivity contribution in [3.8, 4) is 0 Å². The minimum atomic E-state index is -0.837. The van der Waals surface area contributed by atoms with Crippen LogP contribution in [0.25, 0.3) is 11.0 Å². The molecular weight excluding hydrogens is 410 g/mol. The average Bonchev–Trinajstić information content (AvgIpc) is 2.97. The molecule has 1 unspecified atom stereocenters. The number of esters is 1. The summed E-state index contributed by atoms with van der Waals surface area (Å²) in [6.45, 7) is 13.5. The van der Waals surface area contributed by atoms with Gasteiger partial charge in [0.05, 0.1) is 11.1 Å². The van der Waals surface area contributed by atoms with Gasteiger partial charge in [-0.25, -0.2) is 0 Å². The molecule has 0 fully saturated rings. The van der Waals surface area contributed by atoms with Crippen molar-refractivity contribution in [3.05, 3.63) is 58.4 Å². The SMILES string of the molecule is Cc1cc2cc(C(c3ccc(C)c(CCl)c3)C(C)(C)C(=O)OC(C)(C)C)n(C)c2nn1. The molecular formula is C25H32ClN3O2. The minimum Gasteiger partial charge on any atom is -0.460 e. The maximum atomic E-state index is 13.4. The van der Waals surface area contributed by atoms with Gasteiger partial charge in [0.1, 0.15) is 5.60 Å². The predicted octanol–water partition coefficient (Wildman–Crippen LogP) is 5.82. The Morgan fingerprint density at radius 1 is 1.10 bits per heavy atom. The Bertz CT molecular complexity index is 1130. The Morgan fingerprint density at radius 3 is 2.39 bits per heavy atom. The van der Waals surface area contributed by atoms with E-state index in [9.17, 15) is 4.79 Å². The summed E-state index contributed by atoms with van der Waals surface area (Å²) in [6, 6.07) is 10.4. The lowest BCUT2D eigenvalue weighted by atomic mass is 9.72. The van der Waals surface area contributed by atoms with Gasteiger partial charge in [0.25, 0.3) is 0 Å². The smallest absolute Gasteiger partial charge is 0.313 e. The first-order valence-corrected chi connectivity index (χ1v) is 11.1. The molecule has 6 heteroatoms. The van der Waals surface area contributed by atoms with Crippen LogP contribution in [0, 0.1) is 19.3 Å². The maximum absolute atomic E-state index is 13.4. The van der Waals surface area contributed by atoms with Crippen LogP contribution in [-0.2, 0) is 22.5 Å². The molecule has 0 saturated heterocycles. The highest BCUT2D eigenvalue weighted by Gasteiger charge is 2.43. The summed E-state index contributed by atoms with van der Waals surface area (Å²) in [7, 11) is 1.97. The molecule has 1 aromatic carbocycles. The minimum absolute atomic E-state index is 0.245. The lowest BCUT2D eigenvalue weighted by molar-refractivity contribution is -0.166. The number of nitrogens with zero attached hydrogens (tertiary/aromatic N) is 3. The summed E-state index contributed by atoms with van der Waals surface area (Å²) < 4.78 is 7.86. The van der Waals surface area contributed by atoms with Crippen LogP contribution in [0.3, 0.4) is 0 Å². The molecule has 2 aromatic heterocycles. The van der Waals surface area contributed by atoms with Gasteiger partial charge in [0.2, 0.25) is 0 Å². The van der Waals surface area contributed by atoms with E-state index in [1.54, 1.807) is 0 Å². The van der Waals surface area contributed by atoms with Crippen molar-refractivity contribution in [1.29, 1.82) is 0 Å². The number of aryl methyl sites for hydroxylation is 3. The first-order valence-electron chi connectivity index (χ1n) is 10.5. The summed E-state index contributed by atoms with van der Waals surface area (Å²) in [4.78, 5) is 13.4. The molecule has 0 aliphatic heterocycles. The van der Waals surface area contributed by atoms with Crippen molar-refractivity contribution in [2.45, 2.75) is 65.9 Å². The summed E-state index contributed by atoms with van der Waals surface area (Å²) in [5.74, 6) is -0.0890. The second-order valence-electron chi connectivity index (χ2n) is 9.87. The van der Waals surface area contributed by atoms with E-state index in [0.29, 0.717) is 5.88 Å². The quantitative estimate of drug-likeness (QED) is 0.369. The van der Waals surface area contributed by atoms with E-state index in [1.165, 1.54) is 0 Å². The molecule has 1 atom stereocenters. The van der Waals surface area contributed by atoms with Gasteiger partial charge >= 0.3 is 5.97 Å². The van der Waals surface area contributed by atoms with E-state index in [2.05, 4.69) is 34.5 Å². The molecule has 0 bridgehead atoms. The molecule has 5 nitrogen and oxygen atoms in total. The van der Waals surface area contributed by atoms with Crippen LogP contribution in [0.15, 0.2) is 30.3 Å². The van der Waals surface area contributed by atoms with Crippen LogP contribution in [0.1, 0.15) is 68.6 Å². The molecule has 0 aliphatic rings. The zero-order valence-corrected chi connectivity index (χ0v) is 20.5. The van der Waals surface area contributed by atoms with Crippen LogP contribution in [-0.4, -0.2) is 26.3 Å². The normalized spacial score (nSPS) is 13.5. The molecule has 0 amide bonds. The van der Waals surface area contributed by atoms with Crippen molar-refractivity contribution in [2.24, 2.45) is 12.5 Å². The summed E-state index contributed by atoms with van der Waals surface area (Å²) in [6.07, 6.45) is 0. The van der Waals surface area contributed by atoms with E-state index in [0.717, 1.165) is 39.1 Å². The largest absolute Gasteiger partial charge is 0.460 e. The average molecular weight is 442 g/mol. The fourth-order valence-corrected chi connectivity index (χ4v) is 4.31. The molecule has 3 aromatic rings. The Hall–Kier alpha value is -2.40. The second kappa shape index (κ2) is 8.27. The van der Waals surface area contributed by atoms with Crippen molar-refractivity contribution in [3.63, 3.8) is 0 Å². The lowest BCUT2D eigenvalue weighted by Crippen LogP contribution is -2.39. The highest BCUT2D eigenvalue weighted by molar-refractivity contribution is 6.17. The molecule has 0 saturated carbocycles. The van der Waals surface area contributed by atoms with Gasteiger partial charge in [0.15, 0.2) is 5.65 Å². The van der Waals surface area contributed by atoms with Crippen LogP contribution in [0.4, 0.5) is 0 Å². The first kappa shape index (κ1) is 23.3. The molecule has 0 N–H and O–H groups in total.